The molecule has 1 fully saturated rings. The summed E-state index contributed by atoms with van der Waals surface area (Å²) in [4.78, 5) is 27.7. The highest BCUT2D eigenvalue weighted by molar-refractivity contribution is 5.76. The van der Waals surface area contributed by atoms with Crippen molar-refractivity contribution >= 4 is 12.0 Å². The fourth-order valence-electron chi connectivity index (χ4n) is 2.74. The van der Waals surface area contributed by atoms with Gasteiger partial charge in [0.15, 0.2) is 0 Å². The van der Waals surface area contributed by atoms with Crippen molar-refractivity contribution in [2.45, 2.75) is 38.7 Å². The Labute approximate surface area is 144 Å². The van der Waals surface area contributed by atoms with E-state index < -0.39 is 0 Å². The Hall–Kier alpha value is -2.04. The maximum atomic E-state index is 12.1. The number of piperazine rings is 1. The smallest absolute Gasteiger partial charge is 0.410 e. The maximum absolute atomic E-state index is 12.1. The van der Waals surface area contributed by atoms with Crippen molar-refractivity contribution in [1.29, 1.82) is 0 Å². The van der Waals surface area contributed by atoms with Gasteiger partial charge in [-0.3, -0.25) is 4.79 Å². The van der Waals surface area contributed by atoms with E-state index in [0.29, 0.717) is 32.6 Å². The normalized spacial score (nSPS) is 14.5. The third-order valence-corrected chi connectivity index (χ3v) is 4.24. The first kappa shape index (κ1) is 18.3. The maximum Gasteiger partial charge on any atom is 0.410 e. The van der Waals surface area contributed by atoms with Crippen LogP contribution in [0.2, 0.25) is 0 Å². The van der Waals surface area contributed by atoms with Crippen LogP contribution in [0, 0.1) is 6.92 Å². The number of amides is 2. The number of hydrogen-bond donors (Lipinski definition) is 0. The first-order valence-electron chi connectivity index (χ1n) is 8.73. The van der Waals surface area contributed by atoms with Crippen LogP contribution in [0.1, 0.15) is 37.7 Å². The van der Waals surface area contributed by atoms with E-state index in [1.165, 1.54) is 0 Å². The summed E-state index contributed by atoms with van der Waals surface area (Å²) < 4.78 is 5.33. The molecule has 1 aliphatic heterocycles. The van der Waals surface area contributed by atoms with Gasteiger partial charge >= 0.3 is 6.09 Å². The second-order valence-electron chi connectivity index (χ2n) is 6.07. The Morgan fingerprint density at radius 2 is 1.62 bits per heavy atom. The highest BCUT2D eigenvalue weighted by atomic mass is 16.6. The van der Waals surface area contributed by atoms with Gasteiger partial charge < -0.3 is 14.5 Å². The molecule has 0 bridgehead atoms. The predicted octanol–water partition coefficient (Wildman–Crippen LogP) is 3.25. The number of rotatable bonds is 7. The lowest BCUT2D eigenvalue weighted by molar-refractivity contribution is -0.132. The molecule has 0 spiro atoms. The van der Waals surface area contributed by atoms with Crippen molar-refractivity contribution in [2.75, 3.05) is 26.2 Å². The molecule has 131 valence electrons. The Kier molecular flexibility index (Phi) is 7.59. The van der Waals surface area contributed by atoms with Gasteiger partial charge in [0.1, 0.15) is 6.61 Å². The van der Waals surface area contributed by atoms with Crippen LogP contribution in [-0.2, 0) is 16.1 Å². The van der Waals surface area contributed by atoms with Gasteiger partial charge in [-0.25, -0.2) is 4.79 Å². The highest BCUT2D eigenvalue weighted by Crippen LogP contribution is 2.10. The van der Waals surface area contributed by atoms with Gasteiger partial charge in [-0.05, 0) is 12.0 Å². The Morgan fingerprint density at radius 3 is 2.29 bits per heavy atom. The molecule has 0 aliphatic carbocycles. The topological polar surface area (TPSA) is 49.9 Å². The molecule has 5 heteroatoms. The lowest BCUT2D eigenvalue weighted by Crippen LogP contribution is -2.50. The molecular weight excluding hydrogens is 304 g/mol. The number of benzene rings is 1. The summed E-state index contributed by atoms with van der Waals surface area (Å²) in [5.74, 6) is 0.191. The summed E-state index contributed by atoms with van der Waals surface area (Å²) >= 11 is 0. The minimum atomic E-state index is -0.304. The van der Waals surface area contributed by atoms with E-state index in [0.717, 1.165) is 31.2 Å². The zero-order valence-electron chi connectivity index (χ0n) is 14.3. The molecule has 1 aromatic rings. The van der Waals surface area contributed by atoms with Crippen molar-refractivity contribution in [2.24, 2.45) is 0 Å². The molecule has 1 saturated heterocycles. The second kappa shape index (κ2) is 9.96. The van der Waals surface area contributed by atoms with Gasteiger partial charge in [0.05, 0.1) is 0 Å². The molecule has 0 N–H and O–H groups in total. The predicted molar refractivity (Wildman–Crippen MR) is 93.2 cm³/mol. The fourth-order valence-corrected chi connectivity index (χ4v) is 2.74. The van der Waals surface area contributed by atoms with Crippen LogP contribution in [0.5, 0.6) is 0 Å². The van der Waals surface area contributed by atoms with Crippen LogP contribution in [0.15, 0.2) is 30.3 Å². The van der Waals surface area contributed by atoms with Crippen molar-refractivity contribution in [3.05, 3.63) is 42.8 Å². The molecule has 0 atom stereocenters. The third-order valence-electron chi connectivity index (χ3n) is 4.24. The monoisotopic (exact) mass is 331 g/mol. The van der Waals surface area contributed by atoms with Crippen molar-refractivity contribution in [1.82, 2.24) is 9.80 Å². The van der Waals surface area contributed by atoms with E-state index >= 15 is 0 Å². The minimum Gasteiger partial charge on any atom is -0.445 e. The van der Waals surface area contributed by atoms with Gasteiger partial charge in [0.2, 0.25) is 5.91 Å². The molecule has 0 aromatic heterocycles. The largest absolute Gasteiger partial charge is 0.445 e. The van der Waals surface area contributed by atoms with Crippen molar-refractivity contribution in [3.8, 4) is 0 Å². The summed E-state index contributed by atoms with van der Waals surface area (Å²) in [7, 11) is 0. The number of carbonyl (C=O) groups excluding carboxylic acids is 2. The molecule has 5 nitrogen and oxygen atoms in total. The standard InChI is InChI=1S/C19H27N2O3/c1-2-3-4-8-11-18(22)20-12-14-21(15-13-20)19(23)24-16-17-9-6-5-7-10-17/h5-7,9-10H,1-4,8,11-16H2. The first-order chi connectivity index (χ1) is 11.7. The molecule has 1 aliphatic rings. The highest BCUT2D eigenvalue weighted by Gasteiger charge is 2.24. The van der Waals surface area contributed by atoms with Crippen molar-refractivity contribution in [3.63, 3.8) is 0 Å². The van der Waals surface area contributed by atoms with E-state index in [4.69, 9.17) is 4.74 Å². The Morgan fingerprint density at radius 1 is 0.958 bits per heavy atom. The third kappa shape index (κ3) is 5.87. The molecule has 0 saturated carbocycles. The molecule has 2 rings (SSSR count). The zero-order valence-corrected chi connectivity index (χ0v) is 14.3. The second-order valence-corrected chi connectivity index (χ2v) is 6.07. The first-order valence-corrected chi connectivity index (χ1v) is 8.73. The molecule has 1 heterocycles. The summed E-state index contributed by atoms with van der Waals surface area (Å²) in [6.07, 6.45) is 4.28. The van der Waals surface area contributed by atoms with E-state index in [1.807, 2.05) is 35.2 Å². The summed E-state index contributed by atoms with van der Waals surface area (Å²) in [5, 5.41) is 0. The number of carbonyl (C=O) groups is 2. The lowest BCUT2D eigenvalue weighted by atomic mass is 10.1. The molecule has 1 aromatic carbocycles. The van der Waals surface area contributed by atoms with Gasteiger partial charge in [-0.1, -0.05) is 56.5 Å². The average Bonchev–Trinajstić information content (AvgIpc) is 2.64. The number of unbranched alkanes of at least 4 members (excludes halogenated alkanes) is 3. The van der Waals surface area contributed by atoms with E-state index in [-0.39, 0.29) is 18.6 Å². The summed E-state index contributed by atoms with van der Waals surface area (Å²) in [6, 6.07) is 9.63. The van der Waals surface area contributed by atoms with E-state index in [9.17, 15) is 9.59 Å². The van der Waals surface area contributed by atoms with Crippen LogP contribution < -0.4 is 0 Å². The Bertz CT molecular complexity index is 511. The van der Waals surface area contributed by atoms with Crippen LogP contribution in [-0.4, -0.2) is 48.0 Å². The minimum absolute atomic E-state index is 0.191. The number of nitrogens with zero attached hydrogens (tertiary/aromatic N) is 2. The summed E-state index contributed by atoms with van der Waals surface area (Å²) in [5.41, 5.74) is 0.974. The molecule has 0 unspecified atom stereocenters. The number of ether oxygens (including phenoxy) is 1. The molecule has 2 amide bonds. The zero-order chi connectivity index (χ0) is 17.2. The van der Waals surface area contributed by atoms with Crippen LogP contribution in [0.25, 0.3) is 0 Å². The fraction of sp³-hybridized carbons (Fsp3) is 0.526. The Balaban J connectivity index is 1.66. The quantitative estimate of drug-likeness (QED) is 0.721. The average molecular weight is 331 g/mol. The number of hydrogen-bond acceptors (Lipinski definition) is 3. The molecule has 1 radical (unpaired) electrons. The molecule has 24 heavy (non-hydrogen) atoms. The summed E-state index contributed by atoms with van der Waals surface area (Å²) in [6.45, 7) is 6.35. The van der Waals surface area contributed by atoms with E-state index in [1.54, 1.807) is 4.90 Å². The lowest BCUT2D eigenvalue weighted by Gasteiger charge is -2.34. The van der Waals surface area contributed by atoms with Gasteiger partial charge in [0.25, 0.3) is 0 Å². The van der Waals surface area contributed by atoms with Crippen LogP contribution in [0.3, 0.4) is 0 Å². The van der Waals surface area contributed by atoms with E-state index in [2.05, 4.69) is 6.92 Å². The van der Waals surface area contributed by atoms with Crippen LogP contribution >= 0.6 is 0 Å². The van der Waals surface area contributed by atoms with Crippen molar-refractivity contribution < 1.29 is 14.3 Å². The van der Waals surface area contributed by atoms with Gasteiger partial charge in [0, 0.05) is 32.6 Å². The SMILES string of the molecule is [CH2]CCCCCC(=O)N1CCN(C(=O)OCc2ccccc2)CC1. The van der Waals surface area contributed by atoms with Gasteiger partial charge in [-0.15, -0.1) is 0 Å². The van der Waals surface area contributed by atoms with Gasteiger partial charge in [-0.2, -0.15) is 0 Å². The van der Waals surface area contributed by atoms with Crippen LogP contribution in [0.4, 0.5) is 4.79 Å². The molecular formula is C19H27N2O3.